The van der Waals surface area contributed by atoms with E-state index in [9.17, 15) is 0 Å². The lowest BCUT2D eigenvalue weighted by Crippen LogP contribution is -2.14. The zero-order valence-electron chi connectivity index (χ0n) is 12.8. The van der Waals surface area contributed by atoms with E-state index in [4.69, 9.17) is 4.74 Å². The van der Waals surface area contributed by atoms with Gasteiger partial charge in [0.1, 0.15) is 5.75 Å². The van der Waals surface area contributed by atoms with E-state index in [0.717, 1.165) is 35.3 Å². The fourth-order valence-electron chi connectivity index (χ4n) is 2.30. The Morgan fingerprint density at radius 2 is 2.19 bits per heavy atom. The minimum Gasteiger partial charge on any atom is -0.493 e. The lowest BCUT2D eigenvalue weighted by molar-refractivity contribution is 0.312. The maximum Gasteiger partial charge on any atom is 0.126 e. The zero-order valence-corrected chi connectivity index (χ0v) is 14.4. The van der Waals surface area contributed by atoms with Gasteiger partial charge in [-0.05, 0) is 37.2 Å². The maximum atomic E-state index is 6.05. The van der Waals surface area contributed by atoms with Crippen molar-refractivity contribution in [2.45, 2.75) is 26.8 Å². The molecule has 1 N–H and O–H groups in total. The van der Waals surface area contributed by atoms with E-state index < -0.39 is 0 Å². The van der Waals surface area contributed by atoms with Gasteiger partial charge < -0.3 is 10.1 Å². The quantitative estimate of drug-likeness (QED) is 0.832. The average molecular weight is 352 g/mol. The monoisotopic (exact) mass is 351 g/mol. The molecule has 5 heteroatoms. The van der Waals surface area contributed by atoms with Crippen molar-refractivity contribution in [3.63, 3.8) is 0 Å². The van der Waals surface area contributed by atoms with Gasteiger partial charge in [-0.25, -0.2) is 0 Å². The van der Waals surface area contributed by atoms with Crippen LogP contribution in [-0.2, 0) is 20.0 Å². The molecule has 21 heavy (non-hydrogen) atoms. The van der Waals surface area contributed by atoms with Crippen LogP contribution in [0, 0.1) is 6.92 Å². The molecule has 1 aromatic carbocycles. The van der Waals surface area contributed by atoms with E-state index in [2.05, 4.69) is 52.3 Å². The lowest BCUT2D eigenvalue weighted by Gasteiger charge is -2.15. The van der Waals surface area contributed by atoms with Gasteiger partial charge in [0.2, 0.25) is 0 Å². The van der Waals surface area contributed by atoms with Crippen molar-refractivity contribution in [2.24, 2.45) is 7.05 Å². The number of aryl methyl sites for hydroxylation is 2. The smallest absolute Gasteiger partial charge is 0.126 e. The maximum absolute atomic E-state index is 6.05. The van der Waals surface area contributed by atoms with E-state index in [0.29, 0.717) is 6.61 Å². The van der Waals surface area contributed by atoms with Gasteiger partial charge in [0.25, 0.3) is 0 Å². The number of ether oxygens (including phenoxy) is 1. The molecule has 1 aromatic heterocycles. The van der Waals surface area contributed by atoms with Crippen LogP contribution >= 0.6 is 15.9 Å². The van der Waals surface area contributed by atoms with Crippen LogP contribution < -0.4 is 10.1 Å². The van der Waals surface area contributed by atoms with E-state index in [1.807, 2.05) is 24.0 Å². The number of hydrogen-bond acceptors (Lipinski definition) is 3. The molecular weight excluding hydrogens is 330 g/mol. The Balaban J connectivity index is 2.05. The SMILES string of the molecule is CCNCc1cc(Br)cc(C)c1OCCc1ccnn1C. The summed E-state index contributed by atoms with van der Waals surface area (Å²) in [5, 5.41) is 7.53. The van der Waals surface area contributed by atoms with Gasteiger partial charge in [-0.2, -0.15) is 5.10 Å². The summed E-state index contributed by atoms with van der Waals surface area (Å²) >= 11 is 3.55. The topological polar surface area (TPSA) is 39.1 Å². The van der Waals surface area contributed by atoms with Crippen molar-refractivity contribution in [1.82, 2.24) is 15.1 Å². The van der Waals surface area contributed by atoms with Gasteiger partial charge in [-0.3, -0.25) is 4.68 Å². The number of aromatic nitrogens is 2. The first-order chi connectivity index (χ1) is 10.1. The fraction of sp³-hybridized carbons (Fsp3) is 0.438. The van der Waals surface area contributed by atoms with Crippen LogP contribution in [0.15, 0.2) is 28.9 Å². The number of benzene rings is 1. The first-order valence-electron chi connectivity index (χ1n) is 7.21. The first kappa shape index (κ1) is 16.0. The molecule has 0 aliphatic carbocycles. The predicted molar refractivity (Wildman–Crippen MR) is 88.7 cm³/mol. The number of nitrogens with one attached hydrogen (secondary N) is 1. The van der Waals surface area contributed by atoms with Crippen molar-refractivity contribution in [3.8, 4) is 5.75 Å². The highest BCUT2D eigenvalue weighted by atomic mass is 79.9. The van der Waals surface area contributed by atoms with Crippen LogP contribution in [-0.4, -0.2) is 22.9 Å². The second-order valence-corrected chi connectivity index (χ2v) is 5.95. The van der Waals surface area contributed by atoms with Crippen molar-refractivity contribution in [3.05, 3.63) is 45.7 Å². The van der Waals surface area contributed by atoms with Crippen molar-refractivity contribution < 1.29 is 4.74 Å². The Labute approximate surface area is 134 Å². The number of halogens is 1. The molecule has 1 heterocycles. The minimum absolute atomic E-state index is 0.654. The third-order valence-electron chi connectivity index (χ3n) is 3.41. The highest BCUT2D eigenvalue weighted by Crippen LogP contribution is 2.28. The summed E-state index contributed by atoms with van der Waals surface area (Å²) in [5.74, 6) is 0.987. The molecule has 2 rings (SSSR count). The Hall–Kier alpha value is -1.33. The highest BCUT2D eigenvalue weighted by molar-refractivity contribution is 9.10. The lowest BCUT2D eigenvalue weighted by atomic mass is 10.1. The molecule has 0 saturated heterocycles. The summed E-state index contributed by atoms with van der Waals surface area (Å²) < 4.78 is 9.02. The minimum atomic E-state index is 0.654. The van der Waals surface area contributed by atoms with Crippen LogP contribution in [0.3, 0.4) is 0 Å². The second-order valence-electron chi connectivity index (χ2n) is 5.04. The molecule has 0 unspecified atom stereocenters. The predicted octanol–water partition coefficient (Wildman–Crippen LogP) is 3.22. The van der Waals surface area contributed by atoms with E-state index in [1.54, 1.807) is 0 Å². The second kappa shape index (κ2) is 7.61. The van der Waals surface area contributed by atoms with E-state index in [1.165, 1.54) is 11.3 Å². The first-order valence-corrected chi connectivity index (χ1v) is 8.00. The molecule has 0 saturated carbocycles. The summed E-state index contributed by atoms with van der Waals surface area (Å²) in [5.41, 5.74) is 3.52. The molecule has 114 valence electrons. The Morgan fingerprint density at radius 1 is 1.38 bits per heavy atom. The normalized spacial score (nSPS) is 10.9. The van der Waals surface area contributed by atoms with Gasteiger partial charge in [-0.15, -0.1) is 0 Å². The number of rotatable bonds is 7. The Morgan fingerprint density at radius 3 is 2.86 bits per heavy atom. The molecule has 0 bridgehead atoms. The number of hydrogen-bond donors (Lipinski definition) is 1. The summed E-state index contributed by atoms with van der Waals surface area (Å²) in [6.45, 7) is 6.60. The highest BCUT2D eigenvalue weighted by Gasteiger charge is 2.09. The Bertz CT molecular complexity index is 595. The van der Waals surface area contributed by atoms with Crippen molar-refractivity contribution >= 4 is 15.9 Å². The summed E-state index contributed by atoms with van der Waals surface area (Å²) in [6, 6.07) is 6.24. The zero-order chi connectivity index (χ0) is 15.2. The summed E-state index contributed by atoms with van der Waals surface area (Å²) in [6.07, 6.45) is 2.67. The third kappa shape index (κ3) is 4.32. The third-order valence-corrected chi connectivity index (χ3v) is 3.87. The molecule has 2 aromatic rings. The Kier molecular flexibility index (Phi) is 5.82. The molecule has 0 amide bonds. The largest absolute Gasteiger partial charge is 0.493 e. The van der Waals surface area contributed by atoms with Crippen molar-refractivity contribution in [1.29, 1.82) is 0 Å². The molecular formula is C16H22BrN3O. The van der Waals surface area contributed by atoms with Crippen LogP contribution in [0.1, 0.15) is 23.7 Å². The van der Waals surface area contributed by atoms with Gasteiger partial charge in [0.15, 0.2) is 0 Å². The van der Waals surface area contributed by atoms with Crippen molar-refractivity contribution in [2.75, 3.05) is 13.2 Å². The molecule has 0 aliphatic heterocycles. The summed E-state index contributed by atoms with van der Waals surface area (Å²) in [7, 11) is 1.96. The molecule has 0 fully saturated rings. The molecule has 4 nitrogen and oxygen atoms in total. The number of nitrogens with zero attached hydrogens (tertiary/aromatic N) is 2. The van der Waals surface area contributed by atoms with Gasteiger partial charge in [0, 0.05) is 41.9 Å². The van der Waals surface area contributed by atoms with Gasteiger partial charge in [-0.1, -0.05) is 22.9 Å². The van der Waals surface area contributed by atoms with Gasteiger partial charge in [0.05, 0.1) is 6.61 Å². The van der Waals surface area contributed by atoms with Crippen LogP contribution in [0.25, 0.3) is 0 Å². The van der Waals surface area contributed by atoms with E-state index >= 15 is 0 Å². The molecule has 0 aliphatic rings. The van der Waals surface area contributed by atoms with E-state index in [-0.39, 0.29) is 0 Å². The van der Waals surface area contributed by atoms with Crippen LogP contribution in [0.5, 0.6) is 5.75 Å². The molecule has 0 atom stereocenters. The van der Waals surface area contributed by atoms with Crippen LogP contribution in [0.4, 0.5) is 0 Å². The van der Waals surface area contributed by atoms with Crippen LogP contribution in [0.2, 0.25) is 0 Å². The fourth-order valence-corrected chi connectivity index (χ4v) is 2.92. The summed E-state index contributed by atoms with van der Waals surface area (Å²) in [4.78, 5) is 0. The average Bonchev–Trinajstić information content (AvgIpc) is 2.84. The molecule has 0 radical (unpaired) electrons. The molecule has 0 spiro atoms. The standard InChI is InChI=1S/C16H22BrN3O/c1-4-18-11-13-10-14(17)9-12(2)16(13)21-8-6-15-5-7-19-20(15)3/h5,7,9-10,18H,4,6,8,11H2,1-3H3. The van der Waals surface area contributed by atoms with Gasteiger partial charge >= 0.3 is 0 Å².